The van der Waals surface area contributed by atoms with E-state index in [1.807, 2.05) is 13.0 Å². The third-order valence-corrected chi connectivity index (χ3v) is 2.05. The number of hydrogen-bond acceptors (Lipinski definition) is 3. The molecule has 1 atom stereocenters. The standard InChI is InChI=1S/C10H15NO2/c1-7-2-3-10(13)5-8(7)4-9(11)6-12/h2-3,5,9,12-13H,4,6,11H2,1H3. The zero-order chi connectivity index (χ0) is 9.84. The molecule has 13 heavy (non-hydrogen) atoms. The van der Waals surface area contributed by atoms with Crippen molar-refractivity contribution in [3.05, 3.63) is 29.3 Å². The van der Waals surface area contributed by atoms with Crippen molar-refractivity contribution >= 4 is 0 Å². The highest BCUT2D eigenvalue weighted by molar-refractivity contribution is 5.34. The second-order valence-corrected chi connectivity index (χ2v) is 3.26. The maximum atomic E-state index is 9.22. The van der Waals surface area contributed by atoms with Gasteiger partial charge in [0.05, 0.1) is 6.61 Å². The summed E-state index contributed by atoms with van der Waals surface area (Å²) < 4.78 is 0. The minimum Gasteiger partial charge on any atom is -0.508 e. The number of phenols is 1. The summed E-state index contributed by atoms with van der Waals surface area (Å²) in [6.07, 6.45) is 0.594. The molecule has 0 spiro atoms. The van der Waals surface area contributed by atoms with Gasteiger partial charge in [0.2, 0.25) is 0 Å². The number of hydrogen-bond donors (Lipinski definition) is 3. The van der Waals surface area contributed by atoms with E-state index in [1.54, 1.807) is 12.1 Å². The normalized spacial score (nSPS) is 12.8. The van der Waals surface area contributed by atoms with Crippen LogP contribution in [0.5, 0.6) is 5.75 Å². The Bertz CT molecular complexity index is 286. The van der Waals surface area contributed by atoms with Gasteiger partial charge in [0.25, 0.3) is 0 Å². The van der Waals surface area contributed by atoms with Crippen molar-refractivity contribution in [2.24, 2.45) is 5.73 Å². The van der Waals surface area contributed by atoms with Gasteiger partial charge in [-0.25, -0.2) is 0 Å². The number of nitrogens with two attached hydrogens (primary N) is 1. The Morgan fingerprint density at radius 1 is 1.46 bits per heavy atom. The van der Waals surface area contributed by atoms with E-state index in [-0.39, 0.29) is 18.4 Å². The molecule has 1 aromatic rings. The minimum absolute atomic E-state index is 0.0326. The second kappa shape index (κ2) is 4.25. The Labute approximate surface area is 77.8 Å². The maximum absolute atomic E-state index is 9.22. The average Bonchev–Trinajstić information content (AvgIpc) is 2.11. The zero-order valence-electron chi connectivity index (χ0n) is 7.70. The highest BCUT2D eigenvalue weighted by atomic mass is 16.3. The van der Waals surface area contributed by atoms with Crippen molar-refractivity contribution in [3.8, 4) is 5.75 Å². The van der Waals surface area contributed by atoms with Gasteiger partial charge in [-0.1, -0.05) is 6.07 Å². The average molecular weight is 181 g/mol. The number of phenolic OH excluding ortho intramolecular Hbond substituents is 1. The predicted molar refractivity (Wildman–Crippen MR) is 51.6 cm³/mol. The van der Waals surface area contributed by atoms with Gasteiger partial charge >= 0.3 is 0 Å². The number of aliphatic hydroxyl groups is 1. The maximum Gasteiger partial charge on any atom is 0.115 e. The lowest BCUT2D eigenvalue weighted by atomic mass is 10.0. The molecule has 0 aliphatic rings. The summed E-state index contributed by atoms with van der Waals surface area (Å²) in [7, 11) is 0. The number of benzene rings is 1. The monoisotopic (exact) mass is 181 g/mol. The predicted octanol–water partition coefficient (Wildman–Crippen LogP) is 0.563. The van der Waals surface area contributed by atoms with Gasteiger partial charge in [-0.05, 0) is 36.6 Å². The molecule has 1 aromatic carbocycles. The first kappa shape index (κ1) is 10.0. The highest BCUT2D eigenvalue weighted by Crippen LogP contribution is 2.16. The van der Waals surface area contributed by atoms with E-state index in [4.69, 9.17) is 10.8 Å². The molecule has 0 aliphatic heterocycles. The summed E-state index contributed by atoms with van der Waals surface area (Å²) in [5.41, 5.74) is 7.66. The quantitative estimate of drug-likeness (QED) is 0.638. The van der Waals surface area contributed by atoms with Crippen LogP contribution in [0, 0.1) is 6.92 Å². The number of aromatic hydroxyl groups is 1. The summed E-state index contributed by atoms with van der Waals surface area (Å²) in [6.45, 7) is 1.92. The molecule has 1 unspecified atom stereocenters. The SMILES string of the molecule is Cc1ccc(O)cc1CC(N)CO. The van der Waals surface area contributed by atoms with Gasteiger partial charge in [-0.15, -0.1) is 0 Å². The molecule has 1 rings (SSSR count). The van der Waals surface area contributed by atoms with Crippen LogP contribution >= 0.6 is 0 Å². The van der Waals surface area contributed by atoms with Gasteiger partial charge < -0.3 is 15.9 Å². The van der Waals surface area contributed by atoms with Crippen LogP contribution in [0.2, 0.25) is 0 Å². The van der Waals surface area contributed by atoms with E-state index < -0.39 is 0 Å². The fourth-order valence-corrected chi connectivity index (χ4v) is 1.22. The van der Waals surface area contributed by atoms with Crippen LogP contribution in [0.4, 0.5) is 0 Å². The van der Waals surface area contributed by atoms with E-state index in [9.17, 15) is 5.11 Å². The third-order valence-electron chi connectivity index (χ3n) is 2.05. The van der Waals surface area contributed by atoms with Gasteiger partial charge in [0, 0.05) is 6.04 Å². The van der Waals surface area contributed by atoms with Gasteiger partial charge in [0.1, 0.15) is 5.75 Å². The largest absolute Gasteiger partial charge is 0.508 e. The van der Waals surface area contributed by atoms with Crippen LogP contribution in [0.1, 0.15) is 11.1 Å². The molecule has 3 nitrogen and oxygen atoms in total. The van der Waals surface area contributed by atoms with Crippen LogP contribution in [-0.4, -0.2) is 22.9 Å². The summed E-state index contributed by atoms with van der Waals surface area (Å²) in [5.74, 6) is 0.241. The Morgan fingerprint density at radius 3 is 2.77 bits per heavy atom. The van der Waals surface area contributed by atoms with Crippen molar-refractivity contribution in [2.45, 2.75) is 19.4 Å². The van der Waals surface area contributed by atoms with Crippen LogP contribution in [0.25, 0.3) is 0 Å². The Hall–Kier alpha value is -1.06. The van der Waals surface area contributed by atoms with E-state index in [0.717, 1.165) is 11.1 Å². The van der Waals surface area contributed by atoms with Crippen molar-refractivity contribution < 1.29 is 10.2 Å². The van der Waals surface area contributed by atoms with Crippen LogP contribution in [0.3, 0.4) is 0 Å². The van der Waals surface area contributed by atoms with Crippen molar-refractivity contribution in [3.63, 3.8) is 0 Å². The molecule has 0 bridgehead atoms. The summed E-state index contributed by atoms with van der Waals surface area (Å²) in [6, 6.07) is 4.92. The topological polar surface area (TPSA) is 66.5 Å². The van der Waals surface area contributed by atoms with Crippen molar-refractivity contribution in [2.75, 3.05) is 6.61 Å². The van der Waals surface area contributed by atoms with E-state index in [0.29, 0.717) is 6.42 Å². The molecule has 0 fully saturated rings. The summed E-state index contributed by atoms with van der Waals surface area (Å²) >= 11 is 0. The Kier molecular flexibility index (Phi) is 3.28. The van der Waals surface area contributed by atoms with Gasteiger partial charge in [-0.3, -0.25) is 0 Å². The molecular formula is C10H15NO2. The molecule has 4 N–H and O–H groups in total. The van der Waals surface area contributed by atoms with E-state index in [1.165, 1.54) is 0 Å². The number of rotatable bonds is 3. The number of aryl methyl sites for hydroxylation is 1. The molecule has 0 radical (unpaired) electrons. The highest BCUT2D eigenvalue weighted by Gasteiger charge is 2.05. The lowest BCUT2D eigenvalue weighted by Crippen LogP contribution is -2.27. The first-order valence-electron chi connectivity index (χ1n) is 4.28. The molecule has 72 valence electrons. The molecule has 0 aromatic heterocycles. The van der Waals surface area contributed by atoms with Crippen LogP contribution in [-0.2, 0) is 6.42 Å². The lowest BCUT2D eigenvalue weighted by molar-refractivity contribution is 0.265. The molecule has 3 heteroatoms. The smallest absolute Gasteiger partial charge is 0.115 e. The van der Waals surface area contributed by atoms with Gasteiger partial charge in [0.15, 0.2) is 0 Å². The van der Waals surface area contributed by atoms with E-state index >= 15 is 0 Å². The van der Waals surface area contributed by atoms with Crippen molar-refractivity contribution in [1.29, 1.82) is 0 Å². The second-order valence-electron chi connectivity index (χ2n) is 3.26. The summed E-state index contributed by atoms with van der Waals surface area (Å²) in [4.78, 5) is 0. The first-order valence-corrected chi connectivity index (χ1v) is 4.28. The fraction of sp³-hybridized carbons (Fsp3) is 0.400. The van der Waals surface area contributed by atoms with Crippen LogP contribution in [0.15, 0.2) is 18.2 Å². The molecule has 0 amide bonds. The van der Waals surface area contributed by atoms with Gasteiger partial charge in [-0.2, -0.15) is 0 Å². The lowest BCUT2D eigenvalue weighted by Gasteiger charge is -2.10. The molecule has 0 saturated heterocycles. The third kappa shape index (κ3) is 2.72. The molecular weight excluding hydrogens is 166 g/mol. The molecule has 0 saturated carbocycles. The Morgan fingerprint density at radius 2 is 2.15 bits per heavy atom. The minimum atomic E-state index is -0.250. The van der Waals surface area contributed by atoms with Crippen LogP contribution < -0.4 is 5.73 Å². The van der Waals surface area contributed by atoms with E-state index in [2.05, 4.69) is 0 Å². The molecule has 0 aliphatic carbocycles. The fourth-order valence-electron chi connectivity index (χ4n) is 1.22. The molecule has 0 heterocycles. The van der Waals surface area contributed by atoms with Crippen molar-refractivity contribution in [1.82, 2.24) is 0 Å². The summed E-state index contributed by atoms with van der Waals surface area (Å²) in [5, 5.41) is 18.0. The zero-order valence-corrected chi connectivity index (χ0v) is 7.70. The Balaban J connectivity index is 2.81. The first-order chi connectivity index (χ1) is 6.13. The number of aliphatic hydroxyl groups excluding tert-OH is 1.